The van der Waals surface area contributed by atoms with Crippen LogP contribution in [0.2, 0.25) is 0 Å². The van der Waals surface area contributed by atoms with Gasteiger partial charge in [0.05, 0.1) is 5.56 Å². The lowest BCUT2D eigenvalue weighted by Crippen LogP contribution is -2.19. The van der Waals surface area contributed by atoms with Gasteiger partial charge in [-0.3, -0.25) is 0 Å². The molecule has 1 rings (SSSR count). The van der Waals surface area contributed by atoms with Crippen LogP contribution in [0.15, 0.2) is 18.2 Å². The predicted molar refractivity (Wildman–Crippen MR) is 58.4 cm³/mol. The van der Waals surface area contributed by atoms with Gasteiger partial charge >= 0.3 is 12.1 Å². The Labute approximate surface area is 101 Å². The summed E-state index contributed by atoms with van der Waals surface area (Å²) >= 11 is 0. The van der Waals surface area contributed by atoms with Crippen LogP contribution in [0.3, 0.4) is 0 Å². The molecule has 0 saturated carbocycles. The molecule has 7 heteroatoms. The van der Waals surface area contributed by atoms with Gasteiger partial charge in [-0.1, -0.05) is 0 Å². The average molecular weight is 263 g/mol. The number of anilines is 1. The maximum Gasteiger partial charge on any atom is 0.416 e. The van der Waals surface area contributed by atoms with Crippen LogP contribution < -0.4 is 4.90 Å². The van der Waals surface area contributed by atoms with Gasteiger partial charge in [-0.25, -0.2) is 4.79 Å². The minimum atomic E-state index is -4.59. The van der Waals surface area contributed by atoms with Gasteiger partial charge in [0.15, 0.2) is 6.10 Å². The zero-order valence-corrected chi connectivity index (χ0v) is 9.69. The van der Waals surface area contributed by atoms with Crippen LogP contribution in [0.4, 0.5) is 18.9 Å². The highest BCUT2D eigenvalue weighted by Crippen LogP contribution is 2.34. The normalized spacial score (nSPS) is 13.2. The monoisotopic (exact) mass is 263 g/mol. The molecule has 1 atom stereocenters. The summed E-state index contributed by atoms with van der Waals surface area (Å²) in [5.41, 5.74) is -1.07. The molecule has 0 saturated heterocycles. The fraction of sp³-hybridized carbons (Fsp3) is 0.364. The topological polar surface area (TPSA) is 60.8 Å². The van der Waals surface area contributed by atoms with E-state index in [9.17, 15) is 23.1 Å². The van der Waals surface area contributed by atoms with Crippen molar-refractivity contribution in [3.05, 3.63) is 29.3 Å². The zero-order valence-electron chi connectivity index (χ0n) is 9.69. The van der Waals surface area contributed by atoms with Crippen molar-refractivity contribution in [1.82, 2.24) is 0 Å². The predicted octanol–water partition coefficient (Wildman–Crippen LogP) is 1.89. The highest BCUT2D eigenvalue weighted by molar-refractivity contribution is 5.77. The van der Waals surface area contributed by atoms with Gasteiger partial charge in [0.1, 0.15) is 0 Å². The molecule has 0 aliphatic heterocycles. The first-order valence-electron chi connectivity index (χ1n) is 4.94. The molecule has 0 fully saturated rings. The summed E-state index contributed by atoms with van der Waals surface area (Å²) in [5.74, 6) is -1.60. The van der Waals surface area contributed by atoms with E-state index in [0.29, 0.717) is 6.07 Å². The highest BCUT2D eigenvalue weighted by Gasteiger charge is 2.32. The largest absolute Gasteiger partial charge is 0.479 e. The average Bonchev–Trinajstić information content (AvgIpc) is 2.25. The summed E-state index contributed by atoms with van der Waals surface area (Å²) in [7, 11) is 3.08. The molecule has 1 aromatic carbocycles. The number of hydrogen-bond acceptors (Lipinski definition) is 3. The third-order valence-corrected chi connectivity index (χ3v) is 2.37. The molecular weight excluding hydrogens is 251 g/mol. The lowest BCUT2D eigenvalue weighted by molar-refractivity contribution is -0.147. The number of aliphatic hydroxyl groups is 1. The Balaban J connectivity index is 3.38. The van der Waals surface area contributed by atoms with Crippen molar-refractivity contribution in [2.45, 2.75) is 12.3 Å². The van der Waals surface area contributed by atoms with Crippen LogP contribution in [-0.2, 0) is 11.0 Å². The van der Waals surface area contributed by atoms with Crippen LogP contribution in [0.1, 0.15) is 17.2 Å². The summed E-state index contributed by atoms with van der Waals surface area (Å²) < 4.78 is 37.6. The first-order valence-corrected chi connectivity index (χ1v) is 4.94. The minimum Gasteiger partial charge on any atom is -0.479 e. The SMILES string of the molecule is CN(C)c1ccc(C(F)(F)F)cc1C(O)C(=O)O. The molecule has 100 valence electrons. The summed E-state index contributed by atoms with van der Waals surface area (Å²) in [6, 6.07) is 2.62. The lowest BCUT2D eigenvalue weighted by atomic mass is 10.0. The van der Waals surface area contributed by atoms with E-state index in [2.05, 4.69) is 0 Å². The van der Waals surface area contributed by atoms with Crippen molar-refractivity contribution in [2.24, 2.45) is 0 Å². The van der Waals surface area contributed by atoms with E-state index in [1.54, 1.807) is 14.1 Å². The van der Waals surface area contributed by atoms with Gasteiger partial charge in [0.2, 0.25) is 0 Å². The quantitative estimate of drug-likeness (QED) is 0.874. The van der Waals surface area contributed by atoms with Crippen molar-refractivity contribution >= 4 is 11.7 Å². The number of rotatable bonds is 3. The Hall–Kier alpha value is -1.76. The van der Waals surface area contributed by atoms with Crippen LogP contribution in [0.25, 0.3) is 0 Å². The summed E-state index contributed by atoms with van der Waals surface area (Å²) in [4.78, 5) is 12.1. The Morgan fingerprint density at radius 2 is 1.89 bits per heavy atom. The number of carboxylic acids is 1. The van der Waals surface area contributed by atoms with Crippen molar-refractivity contribution in [1.29, 1.82) is 0 Å². The molecule has 0 heterocycles. The van der Waals surface area contributed by atoms with Crippen LogP contribution in [0, 0.1) is 0 Å². The molecular formula is C11H12F3NO3. The second-order valence-electron chi connectivity index (χ2n) is 3.91. The van der Waals surface area contributed by atoms with E-state index in [4.69, 9.17) is 5.11 Å². The van der Waals surface area contributed by atoms with Crippen LogP contribution in [-0.4, -0.2) is 30.3 Å². The smallest absolute Gasteiger partial charge is 0.416 e. The zero-order chi connectivity index (χ0) is 14.1. The second-order valence-corrected chi connectivity index (χ2v) is 3.91. The van der Waals surface area contributed by atoms with E-state index in [-0.39, 0.29) is 11.3 Å². The Morgan fingerprint density at radius 3 is 2.28 bits per heavy atom. The Bertz CT molecular complexity index is 457. The molecule has 0 radical (unpaired) electrons. The molecule has 0 aliphatic rings. The molecule has 0 bridgehead atoms. The van der Waals surface area contributed by atoms with Gasteiger partial charge in [0.25, 0.3) is 0 Å². The highest BCUT2D eigenvalue weighted by atomic mass is 19.4. The number of aliphatic carboxylic acids is 1. The third-order valence-electron chi connectivity index (χ3n) is 2.37. The number of halogens is 3. The van der Waals surface area contributed by atoms with E-state index in [0.717, 1.165) is 12.1 Å². The number of nitrogens with zero attached hydrogens (tertiary/aromatic N) is 1. The van der Waals surface area contributed by atoms with Crippen molar-refractivity contribution in [2.75, 3.05) is 19.0 Å². The van der Waals surface area contributed by atoms with E-state index in [1.807, 2.05) is 0 Å². The molecule has 1 aromatic rings. The van der Waals surface area contributed by atoms with E-state index in [1.165, 1.54) is 4.90 Å². The summed E-state index contributed by atoms with van der Waals surface area (Å²) in [6.45, 7) is 0. The van der Waals surface area contributed by atoms with Gasteiger partial charge in [0, 0.05) is 25.3 Å². The number of aliphatic hydroxyl groups excluding tert-OH is 1. The van der Waals surface area contributed by atoms with Crippen molar-refractivity contribution < 1.29 is 28.2 Å². The molecule has 0 aromatic heterocycles. The maximum absolute atomic E-state index is 12.5. The first-order chi connectivity index (χ1) is 8.14. The maximum atomic E-state index is 12.5. The lowest BCUT2D eigenvalue weighted by Gasteiger charge is -2.20. The third kappa shape index (κ3) is 2.92. The fourth-order valence-corrected chi connectivity index (χ4v) is 1.49. The summed E-state index contributed by atoms with van der Waals surface area (Å²) in [5, 5.41) is 18.1. The van der Waals surface area contributed by atoms with E-state index < -0.39 is 23.8 Å². The minimum absolute atomic E-state index is 0.220. The van der Waals surface area contributed by atoms with Gasteiger partial charge in [-0.15, -0.1) is 0 Å². The molecule has 0 amide bonds. The number of alkyl halides is 3. The fourth-order valence-electron chi connectivity index (χ4n) is 1.49. The molecule has 1 unspecified atom stereocenters. The molecule has 18 heavy (non-hydrogen) atoms. The molecule has 4 nitrogen and oxygen atoms in total. The second kappa shape index (κ2) is 4.85. The summed E-state index contributed by atoms with van der Waals surface area (Å²) in [6.07, 6.45) is -6.58. The Morgan fingerprint density at radius 1 is 1.33 bits per heavy atom. The molecule has 0 aliphatic carbocycles. The van der Waals surface area contributed by atoms with Gasteiger partial charge < -0.3 is 15.1 Å². The Kier molecular flexibility index (Phi) is 3.85. The van der Waals surface area contributed by atoms with Crippen molar-refractivity contribution in [3.63, 3.8) is 0 Å². The van der Waals surface area contributed by atoms with Crippen LogP contribution >= 0.6 is 0 Å². The van der Waals surface area contributed by atoms with E-state index >= 15 is 0 Å². The number of carboxylic acid groups (broad SMARTS) is 1. The van der Waals surface area contributed by atoms with Gasteiger partial charge in [-0.05, 0) is 18.2 Å². The van der Waals surface area contributed by atoms with Crippen molar-refractivity contribution in [3.8, 4) is 0 Å². The standard InChI is InChI=1S/C11H12F3NO3/c1-15(2)8-4-3-6(11(12,13)14)5-7(8)9(16)10(17)18/h3-5,9,16H,1-2H3,(H,17,18). The number of carbonyl (C=O) groups is 1. The van der Waals surface area contributed by atoms with Crippen LogP contribution in [0.5, 0.6) is 0 Å². The molecule has 0 spiro atoms. The number of benzene rings is 1. The van der Waals surface area contributed by atoms with Gasteiger partial charge in [-0.2, -0.15) is 13.2 Å². The first kappa shape index (κ1) is 14.3. The molecule has 2 N–H and O–H groups in total. The number of hydrogen-bond donors (Lipinski definition) is 2.